The summed E-state index contributed by atoms with van der Waals surface area (Å²) in [5, 5.41) is 10.6. The van der Waals surface area contributed by atoms with Crippen molar-refractivity contribution >= 4 is 15.8 Å². The second-order valence-corrected chi connectivity index (χ2v) is 6.26. The van der Waals surface area contributed by atoms with Crippen LogP contribution in [0.4, 0.5) is 5.82 Å². The molecule has 0 aromatic carbocycles. The Morgan fingerprint density at radius 3 is 2.81 bits per heavy atom. The highest BCUT2D eigenvalue weighted by molar-refractivity contribution is 7.89. The van der Waals surface area contributed by atoms with Crippen molar-refractivity contribution in [3.8, 4) is 0 Å². The van der Waals surface area contributed by atoms with E-state index in [0.717, 1.165) is 0 Å². The lowest BCUT2D eigenvalue weighted by molar-refractivity contribution is 0.553. The second kappa shape index (κ2) is 6.19. The van der Waals surface area contributed by atoms with Crippen LogP contribution in [0.15, 0.2) is 29.6 Å². The summed E-state index contributed by atoms with van der Waals surface area (Å²) in [6, 6.07) is 2.46. The standard InChI is InChI=1S/C12H18N6O2S/c1-4-13-11-7-10(5-6-14-11)21(19,20)17-9(2)12-16-15-8-18(12)3/h5-9,17H,4H2,1-3H3,(H,13,14). The van der Waals surface area contributed by atoms with Gasteiger partial charge in [0.2, 0.25) is 10.0 Å². The smallest absolute Gasteiger partial charge is 0.241 e. The maximum absolute atomic E-state index is 12.4. The molecule has 2 heterocycles. The van der Waals surface area contributed by atoms with Gasteiger partial charge in [-0.1, -0.05) is 0 Å². The fourth-order valence-corrected chi connectivity index (χ4v) is 3.11. The molecule has 1 atom stereocenters. The van der Waals surface area contributed by atoms with E-state index in [1.54, 1.807) is 18.5 Å². The average molecular weight is 310 g/mol. The van der Waals surface area contributed by atoms with Gasteiger partial charge in [-0.05, 0) is 19.9 Å². The van der Waals surface area contributed by atoms with E-state index in [4.69, 9.17) is 0 Å². The summed E-state index contributed by atoms with van der Waals surface area (Å²) in [5.41, 5.74) is 0. The van der Waals surface area contributed by atoms with E-state index in [1.807, 2.05) is 6.92 Å². The molecule has 0 saturated heterocycles. The van der Waals surface area contributed by atoms with Crippen LogP contribution in [0.1, 0.15) is 25.7 Å². The van der Waals surface area contributed by atoms with Crippen molar-refractivity contribution in [1.82, 2.24) is 24.5 Å². The summed E-state index contributed by atoms with van der Waals surface area (Å²) in [5.74, 6) is 1.06. The minimum Gasteiger partial charge on any atom is -0.370 e. The Morgan fingerprint density at radius 1 is 1.43 bits per heavy atom. The van der Waals surface area contributed by atoms with E-state index < -0.39 is 16.1 Å². The maximum Gasteiger partial charge on any atom is 0.241 e. The molecule has 0 spiro atoms. The molecule has 0 fully saturated rings. The van der Waals surface area contributed by atoms with Gasteiger partial charge in [0.1, 0.15) is 18.0 Å². The first-order valence-corrected chi connectivity index (χ1v) is 7.98. The highest BCUT2D eigenvalue weighted by Crippen LogP contribution is 2.16. The Labute approximate surface area is 123 Å². The van der Waals surface area contributed by atoms with Gasteiger partial charge in [-0.2, -0.15) is 0 Å². The van der Waals surface area contributed by atoms with Crippen LogP contribution in [0.2, 0.25) is 0 Å². The van der Waals surface area contributed by atoms with Crippen molar-refractivity contribution in [3.63, 3.8) is 0 Å². The number of anilines is 1. The lowest BCUT2D eigenvalue weighted by Gasteiger charge is -2.14. The average Bonchev–Trinajstić information content (AvgIpc) is 2.85. The van der Waals surface area contributed by atoms with E-state index >= 15 is 0 Å². The zero-order valence-electron chi connectivity index (χ0n) is 12.1. The fourth-order valence-electron chi connectivity index (χ4n) is 1.89. The molecule has 9 heteroatoms. The molecule has 0 aliphatic heterocycles. The summed E-state index contributed by atoms with van der Waals surface area (Å²) in [4.78, 5) is 4.21. The first-order valence-electron chi connectivity index (χ1n) is 6.50. The fraction of sp³-hybridized carbons (Fsp3) is 0.417. The summed E-state index contributed by atoms with van der Waals surface area (Å²) >= 11 is 0. The van der Waals surface area contributed by atoms with E-state index in [-0.39, 0.29) is 4.90 Å². The molecule has 0 amide bonds. The van der Waals surface area contributed by atoms with Crippen LogP contribution in [0.5, 0.6) is 0 Å². The van der Waals surface area contributed by atoms with Crippen molar-refractivity contribution in [2.75, 3.05) is 11.9 Å². The van der Waals surface area contributed by atoms with Gasteiger partial charge >= 0.3 is 0 Å². The normalized spacial score (nSPS) is 13.1. The van der Waals surface area contributed by atoms with Crippen LogP contribution in [0.3, 0.4) is 0 Å². The van der Waals surface area contributed by atoms with E-state index in [1.165, 1.54) is 24.7 Å². The number of pyridine rings is 1. The molecule has 2 N–H and O–H groups in total. The van der Waals surface area contributed by atoms with Crippen LogP contribution in [-0.4, -0.2) is 34.7 Å². The summed E-state index contributed by atoms with van der Waals surface area (Å²) < 4.78 is 29.0. The second-order valence-electron chi connectivity index (χ2n) is 4.55. The highest BCUT2D eigenvalue weighted by atomic mass is 32.2. The molecule has 0 radical (unpaired) electrons. The molecule has 8 nitrogen and oxygen atoms in total. The van der Waals surface area contributed by atoms with Gasteiger partial charge in [0, 0.05) is 25.9 Å². The Bertz CT molecular complexity index is 712. The molecule has 2 aromatic heterocycles. The number of sulfonamides is 1. The quantitative estimate of drug-likeness (QED) is 0.813. The third kappa shape index (κ3) is 3.56. The van der Waals surface area contributed by atoms with Crippen molar-refractivity contribution in [3.05, 3.63) is 30.5 Å². The number of hydrogen-bond acceptors (Lipinski definition) is 6. The van der Waals surface area contributed by atoms with Crippen molar-refractivity contribution in [2.45, 2.75) is 24.8 Å². The number of aromatic nitrogens is 4. The number of hydrogen-bond donors (Lipinski definition) is 2. The lowest BCUT2D eigenvalue weighted by atomic mass is 10.3. The van der Waals surface area contributed by atoms with Crippen LogP contribution in [0, 0.1) is 0 Å². The molecule has 0 bridgehead atoms. The first-order chi connectivity index (χ1) is 9.94. The predicted molar refractivity (Wildman–Crippen MR) is 78.1 cm³/mol. The molecular formula is C12H18N6O2S. The molecule has 0 saturated carbocycles. The first kappa shape index (κ1) is 15.4. The Balaban J connectivity index is 2.22. The third-order valence-electron chi connectivity index (χ3n) is 2.87. The van der Waals surface area contributed by atoms with Crippen molar-refractivity contribution < 1.29 is 8.42 Å². The molecule has 1 unspecified atom stereocenters. The highest BCUT2D eigenvalue weighted by Gasteiger charge is 2.21. The Hall–Kier alpha value is -2.00. The summed E-state index contributed by atoms with van der Waals surface area (Å²) in [6.07, 6.45) is 2.98. The van der Waals surface area contributed by atoms with E-state index in [2.05, 4.69) is 25.2 Å². The van der Waals surface area contributed by atoms with Crippen molar-refractivity contribution in [2.24, 2.45) is 7.05 Å². The predicted octanol–water partition coefficient (Wildman–Crippen LogP) is 0.681. The SMILES string of the molecule is CCNc1cc(S(=O)(=O)NC(C)c2nncn2C)ccn1. The molecule has 0 aliphatic rings. The zero-order chi connectivity index (χ0) is 15.5. The molecular weight excluding hydrogens is 292 g/mol. The van der Waals surface area contributed by atoms with Crippen LogP contribution in [0.25, 0.3) is 0 Å². The Morgan fingerprint density at radius 2 is 2.19 bits per heavy atom. The van der Waals surface area contributed by atoms with E-state index in [0.29, 0.717) is 18.2 Å². The molecule has 114 valence electrons. The van der Waals surface area contributed by atoms with Crippen molar-refractivity contribution in [1.29, 1.82) is 0 Å². The van der Waals surface area contributed by atoms with Gasteiger partial charge < -0.3 is 9.88 Å². The van der Waals surface area contributed by atoms with Crippen LogP contribution < -0.4 is 10.0 Å². The third-order valence-corrected chi connectivity index (χ3v) is 4.40. The minimum atomic E-state index is -3.65. The molecule has 21 heavy (non-hydrogen) atoms. The van der Waals surface area contributed by atoms with Crippen LogP contribution >= 0.6 is 0 Å². The van der Waals surface area contributed by atoms with Gasteiger partial charge in [-0.3, -0.25) is 0 Å². The monoisotopic (exact) mass is 310 g/mol. The number of rotatable bonds is 6. The number of aryl methyl sites for hydroxylation is 1. The summed E-state index contributed by atoms with van der Waals surface area (Å²) in [6.45, 7) is 4.30. The molecule has 2 aromatic rings. The molecule has 0 aliphatic carbocycles. The zero-order valence-corrected chi connectivity index (χ0v) is 12.9. The molecule has 2 rings (SSSR count). The Kier molecular flexibility index (Phi) is 4.53. The largest absolute Gasteiger partial charge is 0.370 e. The summed E-state index contributed by atoms with van der Waals surface area (Å²) in [7, 11) is -1.89. The minimum absolute atomic E-state index is 0.155. The van der Waals surface area contributed by atoms with E-state index in [9.17, 15) is 8.42 Å². The van der Waals surface area contributed by atoms with Gasteiger partial charge in [0.15, 0.2) is 0 Å². The van der Waals surface area contributed by atoms with Gasteiger partial charge in [-0.25, -0.2) is 18.1 Å². The van der Waals surface area contributed by atoms with Gasteiger partial charge in [0.05, 0.1) is 10.9 Å². The number of nitrogens with zero attached hydrogens (tertiary/aromatic N) is 4. The number of nitrogens with one attached hydrogen (secondary N) is 2. The maximum atomic E-state index is 12.4. The van der Waals surface area contributed by atoms with Crippen LogP contribution in [-0.2, 0) is 17.1 Å². The lowest BCUT2D eigenvalue weighted by Crippen LogP contribution is -2.28. The topological polar surface area (TPSA) is 102 Å². The van der Waals surface area contributed by atoms with Gasteiger partial charge in [-0.15, -0.1) is 10.2 Å². The van der Waals surface area contributed by atoms with Gasteiger partial charge in [0.25, 0.3) is 0 Å².